The Kier molecular flexibility index (Phi) is 3.35. The van der Waals surface area contributed by atoms with E-state index in [1.54, 1.807) is 20.4 Å². The molecular formula is C11H9Br2NO2. The Labute approximate surface area is 110 Å². The minimum absolute atomic E-state index is 0.712. The van der Waals surface area contributed by atoms with Crippen LogP contribution in [0.4, 0.5) is 0 Å². The summed E-state index contributed by atoms with van der Waals surface area (Å²) in [5.41, 5.74) is 0.775. The Morgan fingerprint density at radius 2 is 1.88 bits per heavy atom. The highest BCUT2D eigenvalue weighted by Crippen LogP contribution is 2.41. The van der Waals surface area contributed by atoms with E-state index in [9.17, 15) is 0 Å². The molecule has 1 aromatic carbocycles. The standard InChI is InChI=1S/C11H9Br2NO2/c1-15-8-5-7(13)11(16-2)9-6(12)3-4-14-10(8)9/h3-5H,1-2H3. The van der Waals surface area contributed by atoms with Crippen LogP contribution >= 0.6 is 31.9 Å². The average Bonchev–Trinajstić information content (AvgIpc) is 2.29. The van der Waals surface area contributed by atoms with Gasteiger partial charge in [-0.15, -0.1) is 0 Å². The molecule has 0 aliphatic rings. The number of rotatable bonds is 2. The molecule has 0 saturated heterocycles. The normalized spacial score (nSPS) is 10.5. The van der Waals surface area contributed by atoms with Crippen molar-refractivity contribution in [1.29, 1.82) is 0 Å². The summed E-state index contributed by atoms with van der Waals surface area (Å²) in [5.74, 6) is 1.46. The van der Waals surface area contributed by atoms with Crippen molar-refractivity contribution in [2.24, 2.45) is 0 Å². The number of methoxy groups -OCH3 is 2. The van der Waals surface area contributed by atoms with Crippen LogP contribution in [0, 0.1) is 0 Å². The van der Waals surface area contributed by atoms with E-state index in [2.05, 4.69) is 36.8 Å². The van der Waals surface area contributed by atoms with Gasteiger partial charge in [0.05, 0.1) is 24.1 Å². The van der Waals surface area contributed by atoms with Crippen molar-refractivity contribution in [2.75, 3.05) is 14.2 Å². The van der Waals surface area contributed by atoms with E-state index in [1.165, 1.54) is 0 Å². The molecule has 0 fully saturated rings. The first-order valence-electron chi connectivity index (χ1n) is 4.53. The lowest BCUT2D eigenvalue weighted by atomic mass is 10.2. The third-order valence-corrected chi connectivity index (χ3v) is 3.51. The zero-order valence-electron chi connectivity index (χ0n) is 8.75. The molecule has 0 N–H and O–H groups in total. The summed E-state index contributed by atoms with van der Waals surface area (Å²) >= 11 is 6.94. The second-order valence-electron chi connectivity index (χ2n) is 3.11. The van der Waals surface area contributed by atoms with Crippen molar-refractivity contribution in [2.45, 2.75) is 0 Å². The lowest BCUT2D eigenvalue weighted by Crippen LogP contribution is -1.93. The van der Waals surface area contributed by atoms with Crippen molar-refractivity contribution in [3.8, 4) is 11.5 Å². The molecular weight excluding hydrogens is 338 g/mol. The van der Waals surface area contributed by atoms with Crippen molar-refractivity contribution in [3.05, 3.63) is 27.3 Å². The first-order valence-corrected chi connectivity index (χ1v) is 6.12. The SMILES string of the molecule is COc1cc(Br)c(OC)c2c(Br)ccnc12. The van der Waals surface area contributed by atoms with Gasteiger partial charge in [-0.2, -0.15) is 0 Å². The van der Waals surface area contributed by atoms with Crippen LogP contribution in [-0.2, 0) is 0 Å². The lowest BCUT2D eigenvalue weighted by Gasteiger charge is -2.12. The highest BCUT2D eigenvalue weighted by molar-refractivity contribution is 9.11. The molecule has 2 aromatic rings. The van der Waals surface area contributed by atoms with Gasteiger partial charge in [0.2, 0.25) is 0 Å². The number of pyridine rings is 1. The second kappa shape index (κ2) is 4.59. The van der Waals surface area contributed by atoms with Crippen LogP contribution in [0.3, 0.4) is 0 Å². The van der Waals surface area contributed by atoms with Gasteiger partial charge >= 0.3 is 0 Å². The first kappa shape index (κ1) is 11.7. The van der Waals surface area contributed by atoms with Crippen molar-refractivity contribution in [1.82, 2.24) is 4.98 Å². The third kappa shape index (κ3) is 1.78. The van der Waals surface area contributed by atoms with E-state index >= 15 is 0 Å². The maximum absolute atomic E-state index is 5.37. The molecule has 0 radical (unpaired) electrons. The van der Waals surface area contributed by atoms with Gasteiger partial charge in [0.1, 0.15) is 17.0 Å². The fraction of sp³-hybridized carbons (Fsp3) is 0.182. The van der Waals surface area contributed by atoms with Crippen molar-refractivity contribution < 1.29 is 9.47 Å². The molecule has 2 rings (SSSR count). The molecule has 0 amide bonds. The van der Waals surface area contributed by atoms with E-state index < -0.39 is 0 Å². The van der Waals surface area contributed by atoms with Gasteiger partial charge in [-0.3, -0.25) is 4.98 Å². The molecule has 0 spiro atoms. The molecule has 0 atom stereocenters. The molecule has 16 heavy (non-hydrogen) atoms. The molecule has 1 heterocycles. The van der Waals surface area contributed by atoms with Crippen LogP contribution in [0.25, 0.3) is 10.9 Å². The summed E-state index contributed by atoms with van der Waals surface area (Å²) in [6.07, 6.45) is 1.72. The zero-order valence-corrected chi connectivity index (χ0v) is 11.9. The monoisotopic (exact) mass is 345 g/mol. The van der Waals surface area contributed by atoms with Crippen LogP contribution in [0.5, 0.6) is 11.5 Å². The van der Waals surface area contributed by atoms with E-state index in [0.29, 0.717) is 5.75 Å². The van der Waals surface area contributed by atoms with E-state index in [-0.39, 0.29) is 0 Å². The molecule has 0 unspecified atom stereocenters. The van der Waals surface area contributed by atoms with Gasteiger partial charge in [0, 0.05) is 16.7 Å². The smallest absolute Gasteiger partial charge is 0.146 e. The maximum Gasteiger partial charge on any atom is 0.146 e. The number of benzene rings is 1. The molecule has 0 bridgehead atoms. The molecule has 0 aliphatic carbocycles. The molecule has 5 heteroatoms. The van der Waals surface area contributed by atoms with Gasteiger partial charge in [0.25, 0.3) is 0 Å². The molecule has 0 aliphatic heterocycles. The predicted octanol–water partition coefficient (Wildman–Crippen LogP) is 3.78. The summed E-state index contributed by atoms with van der Waals surface area (Å²) in [4.78, 5) is 4.31. The lowest BCUT2D eigenvalue weighted by molar-refractivity contribution is 0.407. The van der Waals surface area contributed by atoms with Gasteiger partial charge in [-0.1, -0.05) is 0 Å². The van der Waals surface area contributed by atoms with Crippen LogP contribution in [-0.4, -0.2) is 19.2 Å². The Morgan fingerprint density at radius 1 is 1.12 bits per heavy atom. The second-order valence-corrected chi connectivity index (χ2v) is 4.82. The van der Waals surface area contributed by atoms with E-state index in [1.807, 2.05) is 12.1 Å². The number of nitrogens with zero attached hydrogens (tertiary/aromatic N) is 1. The van der Waals surface area contributed by atoms with Gasteiger partial charge in [0.15, 0.2) is 0 Å². The Hall–Kier alpha value is -0.810. The largest absolute Gasteiger partial charge is 0.495 e. The summed E-state index contributed by atoms with van der Waals surface area (Å²) < 4.78 is 12.4. The Balaban J connectivity index is 2.94. The third-order valence-electron chi connectivity index (χ3n) is 2.26. The summed E-state index contributed by atoms with van der Waals surface area (Å²) in [7, 11) is 3.25. The van der Waals surface area contributed by atoms with Gasteiger partial charge in [-0.05, 0) is 37.9 Å². The van der Waals surface area contributed by atoms with Gasteiger partial charge < -0.3 is 9.47 Å². The summed E-state index contributed by atoms with van der Waals surface area (Å²) in [5, 5.41) is 0.899. The molecule has 0 saturated carbocycles. The number of fused-ring (bicyclic) bond motifs is 1. The molecule has 1 aromatic heterocycles. The average molecular weight is 347 g/mol. The Bertz CT molecular complexity index is 543. The number of ether oxygens (including phenoxy) is 2. The molecule has 84 valence electrons. The topological polar surface area (TPSA) is 31.4 Å². The Morgan fingerprint density at radius 3 is 2.50 bits per heavy atom. The highest BCUT2D eigenvalue weighted by atomic mass is 79.9. The number of hydrogen-bond donors (Lipinski definition) is 0. The minimum atomic E-state index is 0.712. The number of aromatic nitrogens is 1. The van der Waals surface area contributed by atoms with Crippen molar-refractivity contribution in [3.63, 3.8) is 0 Å². The van der Waals surface area contributed by atoms with Crippen LogP contribution in [0.1, 0.15) is 0 Å². The van der Waals surface area contributed by atoms with Crippen LogP contribution < -0.4 is 9.47 Å². The highest BCUT2D eigenvalue weighted by Gasteiger charge is 2.15. The van der Waals surface area contributed by atoms with Crippen LogP contribution in [0.15, 0.2) is 27.3 Å². The number of hydrogen-bond acceptors (Lipinski definition) is 3. The fourth-order valence-corrected chi connectivity index (χ4v) is 2.62. The molecule has 3 nitrogen and oxygen atoms in total. The summed E-state index contributed by atoms with van der Waals surface area (Å²) in [6, 6.07) is 3.72. The summed E-state index contributed by atoms with van der Waals surface area (Å²) in [6.45, 7) is 0. The predicted molar refractivity (Wildman–Crippen MR) is 70.2 cm³/mol. The van der Waals surface area contributed by atoms with Crippen molar-refractivity contribution >= 4 is 42.8 Å². The van der Waals surface area contributed by atoms with Gasteiger partial charge in [-0.25, -0.2) is 0 Å². The van der Waals surface area contributed by atoms with E-state index in [0.717, 1.165) is 25.6 Å². The minimum Gasteiger partial charge on any atom is -0.495 e. The quantitative estimate of drug-likeness (QED) is 0.829. The first-order chi connectivity index (χ1) is 7.69. The van der Waals surface area contributed by atoms with Crippen LogP contribution in [0.2, 0.25) is 0 Å². The fourth-order valence-electron chi connectivity index (χ4n) is 1.56. The number of halogens is 2. The van der Waals surface area contributed by atoms with E-state index in [4.69, 9.17) is 9.47 Å². The maximum atomic E-state index is 5.37. The zero-order chi connectivity index (χ0) is 11.7.